The molecule has 1 saturated heterocycles. The second kappa shape index (κ2) is 5.18. The Morgan fingerprint density at radius 3 is 2.32 bits per heavy atom. The molecule has 0 aliphatic carbocycles. The summed E-state index contributed by atoms with van der Waals surface area (Å²) in [7, 11) is -0.928. The van der Waals surface area contributed by atoms with Gasteiger partial charge in [0.1, 0.15) is 5.73 Å². The predicted octanol–water partition coefficient (Wildman–Crippen LogP) is 4.23. The summed E-state index contributed by atoms with van der Waals surface area (Å²) in [4.78, 5) is 0. The molecule has 5 heteroatoms. The minimum absolute atomic E-state index is 0.402. The summed E-state index contributed by atoms with van der Waals surface area (Å²) in [5.41, 5.74) is -0.637. The lowest BCUT2D eigenvalue weighted by Crippen LogP contribution is -2.41. The molecule has 0 atom stereocenters. The molecule has 1 aromatic carbocycles. The molecule has 0 N–H and O–H groups in total. The van der Waals surface area contributed by atoms with Crippen LogP contribution in [0.2, 0.25) is 0 Å². The number of hydrogen-bond donors (Lipinski definition) is 0. The molecule has 0 spiro atoms. The van der Waals surface area contributed by atoms with Crippen LogP contribution in [0.3, 0.4) is 0 Å². The van der Waals surface area contributed by atoms with Crippen LogP contribution in [-0.4, -0.2) is 18.3 Å². The molecule has 1 aliphatic heterocycles. The number of benzene rings is 1. The SMILES string of the molecule is CC1(C)OB(/C(F)=C/c2cccc(I)c2)OC1(C)C. The van der Waals surface area contributed by atoms with E-state index >= 15 is 0 Å². The van der Waals surface area contributed by atoms with Gasteiger partial charge in [0, 0.05) is 3.57 Å². The molecule has 0 saturated carbocycles. The second-order valence-corrected chi connectivity index (χ2v) is 6.92. The lowest BCUT2D eigenvalue weighted by molar-refractivity contribution is 0.00578. The summed E-state index contributed by atoms with van der Waals surface area (Å²) >= 11 is 2.20. The maximum Gasteiger partial charge on any atom is 0.525 e. The summed E-state index contributed by atoms with van der Waals surface area (Å²) in [5.74, 6) is 0. The smallest absolute Gasteiger partial charge is 0.398 e. The fourth-order valence-electron chi connectivity index (χ4n) is 1.78. The molecule has 19 heavy (non-hydrogen) atoms. The molecular weight excluding hydrogens is 357 g/mol. The largest absolute Gasteiger partial charge is 0.525 e. The zero-order valence-electron chi connectivity index (χ0n) is 11.5. The maximum atomic E-state index is 14.2. The monoisotopic (exact) mass is 374 g/mol. The van der Waals surface area contributed by atoms with E-state index in [0.29, 0.717) is 0 Å². The highest BCUT2D eigenvalue weighted by molar-refractivity contribution is 14.1. The summed E-state index contributed by atoms with van der Waals surface area (Å²) in [5, 5.41) is 0. The fraction of sp³-hybridized carbons (Fsp3) is 0.429. The Kier molecular flexibility index (Phi) is 4.09. The Bertz CT molecular complexity index is 498. The molecule has 1 aliphatic rings. The standard InChI is InChI=1S/C14H17BFIO2/c1-13(2)14(3,4)19-15(18-13)12(16)9-10-6-5-7-11(17)8-10/h5-9H,1-4H3/b12-9-. The first-order valence-electron chi connectivity index (χ1n) is 6.20. The summed E-state index contributed by atoms with van der Waals surface area (Å²) in [6.45, 7) is 7.63. The summed E-state index contributed by atoms with van der Waals surface area (Å²) in [6, 6.07) is 7.62. The zero-order valence-corrected chi connectivity index (χ0v) is 13.7. The van der Waals surface area contributed by atoms with Gasteiger partial charge in [-0.1, -0.05) is 12.1 Å². The van der Waals surface area contributed by atoms with Gasteiger partial charge >= 0.3 is 7.12 Å². The molecule has 1 aromatic rings. The minimum atomic E-state index is -0.928. The Morgan fingerprint density at radius 2 is 1.79 bits per heavy atom. The highest BCUT2D eigenvalue weighted by Crippen LogP contribution is 2.39. The number of rotatable bonds is 2. The van der Waals surface area contributed by atoms with Crippen molar-refractivity contribution in [3.8, 4) is 0 Å². The highest BCUT2D eigenvalue weighted by atomic mass is 127. The van der Waals surface area contributed by atoms with E-state index in [9.17, 15) is 4.39 Å². The zero-order chi connectivity index (χ0) is 14.3. The van der Waals surface area contributed by atoms with Crippen LogP contribution in [0.25, 0.3) is 6.08 Å². The maximum absolute atomic E-state index is 14.2. The first-order chi connectivity index (χ1) is 8.71. The van der Waals surface area contributed by atoms with Crippen molar-refractivity contribution in [1.29, 1.82) is 0 Å². The molecule has 0 radical (unpaired) electrons. The van der Waals surface area contributed by atoms with Crippen molar-refractivity contribution in [1.82, 2.24) is 0 Å². The Hall–Kier alpha value is -0.395. The summed E-state index contributed by atoms with van der Waals surface area (Å²) in [6.07, 6.45) is 1.46. The Balaban J connectivity index is 2.20. The first kappa shape index (κ1) is 15.0. The van der Waals surface area contributed by atoms with Crippen molar-refractivity contribution < 1.29 is 13.7 Å². The van der Waals surface area contributed by atoms with Gasteiger partial charge in [0.15, 0.2) is 0 Å². The molecule has 0 bridgehead atoms. The van der Waals surface area contributed by atoms with Crippen LogP contribution in [0.5, 0.6) is 0 Å². The minimum Gasteiger partial charge on any atom is -0.398 e. The van der Waals surface area contributed by atoms with Crippen LogP contribution in [0.4, 0.5) is 4.39 Å². The average Bonchev–Trinajstić information content (AvgIpc) is 2.48. The second-order valence-electron chi connectivity index (χ2n) is 5.67. The molecule has 1 heterocycles. The van der Waals surface area contributed by atoms with Gasteiger partial charge in [-0.05, 0) is 74.1 Å². The molecular formula is C14H17BFIO2. The third-order valence-corrected chi connectivity index (χ3v) is 4.30. The van der Waals surface area contributed by atoms with E-state index in [-0.39, 0.29) is 0 Å². The van der Waals surface area contributed by atoms with Crippen LogP contribution in [0.15, 0.2) is 30.0 Å². The van der Waals surface area contributed by atoms with Gasteiger partial charge in [0.2, 0.25) is 0 Å². The van der Waals surface area contributed by atoms with Crippen molar-refractivity contribution >= 4 is 35.8 Å². The van der Waals surface area contributed by atoms with E-state index in [1.54, 1.807) is 0 Å². The molecule has 0 unspecified atom stereocenters. The quantitative estimate of drug-likeness (QED) is 0.570. The van der Waals surface area contributed by atoms with Gasteiger partial charge < -0.3 is 9.31 Å². The van der Waals surface area contributed by atoms with Crippen LogP contribution in [-0.2, 0) is 9.31 Å². The van der Waals surface area contributed by atoms with Gasteiger partial charge in [-0.25, -0.2) is 4.39 Å². The Labute approximate surface area is 127 Å². The van der Waals surface area contributed by atoms with Gasteiger partial charge in [-0.2, -0.15) is 0 Å². The molecule has 0 amide bonds. The van der Waals surface area contributed by atoms with Gasteiger partial charge in [-0.15, -0.1) is 0 Å². The highest BCUT2D eigenvalue weighted by Gasteiger charge is 2.52. The van der Waals surface area contributed by atoms with E-state index in [2.05, 4.69) is 22.6 Å². The van der Waals surface area contributed by atoms with Crippen LogP contribution >= 0.6 is 22.6 Å². The van der Waals surface area contributed by atoms with E-state index in [1.807, 2.05) is 52.0 Å². The van der Waals surface area contributed by atoms with E-state index < -0.39 is 24.0 Å². The van der Waals surface area contributed by atoms with E-state index in [4.69, 9.17) is 9.31 Å². The lowest BCUT2D eigenvalue weighted by atomic mass is 9.87. The number of halogens is 2. The Morgan fingerprint density at radius 1 is 1.21 bits per heavy atom. The third kappa shape index (κ3) is 3.20. The molecule has 0 aromatic heterocycles. The molecule has 2 nitrogen and oxygen atoms in total. The van der Waals surface area contributed by atoms with E-state index in [0.717, 1.165) is 9.13 Å². The normalized spacial score (nSPS) is 21.8. The molecule has 2 rings (SSSR count). The first-order valence-corrected chi connectivity index (χ1v) is 7.27. The van der Waals surface area contributed by atoms with Crippen molar-refractivity contribution in [2.45, 2.75) is 38.9 Å². The fourth-order valence-corrected chi connectivity index (χ4v) is 2.35. The van der Waals surface area contributed by atoms with E-state index in [1.165, 1.54) is 6.08 Å². The van der Waals surface area contributed by atoms with Crippen molar-refractivity contribution in [2.24, 2.45) is 0 Å². The summed E-state index contributed by atoms with van der Waals surface area (Å²) < 4.78 is 26.6. The van der Waals surface area contributed by atoms with Crippen molar-refractivity contribution in [3.63, 3.8) is 0 Å². The van der Waals surface area contributed by atoms with Gasteiger partial charge in [0.05, 0.1) is 11.2 Å². The van der Waals surface area contributed by atoms with Crippen LogP contribution in [0, 0.1) is 3.57 Å². The third-order valence-electron chi connectivity index (χ3n) is 3.63. The van der Waals surface area contributed by atoms with Crippen molar-refractivity contribution in [3.05, 3.63) is 39.1 Å². The topological polar surface area (TPSA) is 18.5 Å². The van der Waals surface area contributed by atoms with Gasteiger partial charge in [0.25, 0.3) is 0 Å². The molecule has 102 valence electrons. The molecule has 1 fully saturated rings. The van der Waals surface area contributed by atoms with Gasteiger partial charge in [-0.3, -0.25) is 0 Å². The lowest BCUT2D eigenvalue weighted by Gasteiger charge is -2.32. The average molecular weight is 374 g/mol. The van der Waals surface area contributed by atoms with Crippen molar-refractivity contribution in [2.75, 3.05) is 0 Å². The van der Waals surface area contributed by atoms with Crippen LogP contribution < -0.4 is 0 Å². The number of hydrogen-bond acceptors (Lipinski definition) is 2. The van der Waals surface area contributed by atoms with Crippen LogP contribution in [0.1, 0.15) is 33.3 Å². The predicted molar refractivity (Wildman–Crippen MR) is 84.3 cm³/mol.